The molecule has 2 aliphatic carbocycles. The highest BCUT2D eigenvalue weighted by Gasteiger charge is 2.55. The molecule has 2 aliphatic rings. The van der Waals surface area contributed by atoms with E-state index in [0.29, 0.717) is 10.8 Å². The molecule has 1 aromatic carbocycles. The Morgan fingerprint density at radius 2 is 1.85 bits per heavy atom. The van der Waals surface area contributed by atoms with E-state index in [1.54, 1.807) is 0 Å². The fourth-order valence-electron chi connectivity index (χ4n) is 4.67. The zero-order valence-corrected chi connectivity index (χ0v) is 14.1. The van der Waals surface area contributed by atoms with Gasteiger partial charge in [-0.3, -0.25) is 0 Å². The van der Waals surface area contributed by atoms with E-state index in [9.17, 15) is 0 Å². The second kappa shape index (κ2) is 5.81. The van der Waals surface area contributed by atoms with Gasteiger partial charge in [0.2, 0.25) is 0 Å². The Bertz CT molecular complexity index is 454. The van der Waals surface area contributed by atoms with Crippen molar-refractivity contribution >= 4 is 15.9 Å². The molecule has 1 N–H and O–H groups in total. The minimum Gasteiger partial charge on any atom is -0.316 e. The van der Waals surface area contributed by atoms with Crippen molar-refractivity contribution in [2.75, 3.05) is 13.1 Å². The summed E-state index contributed by atoms with van der Waals surface area (Å²) in [6, 6.07) is 8.86. The van der Waals surface area contributed by atoms with Gasteiger partial charge < -0.3 is 5.32 Å². The Hall–Kier alpha value is -0.340. The molecule has 1 nitrogen and oxygen atoms in total. The van der Waals surface area contributed by atoms with Crippen LogP contribution in [0.4, 0.5) is 0 Å². The second-order valence-electron chi connectivity index (χ2n) is 7.00. The Labute approximate surface area is 131 Å². The summed E-state index contributed by atoms with van der Waals surface area (Å²) < 4.78 is 1.30. The number of benzene rings is 1. The van der Waals surface area contributed by atoms with Gasteiger partial charge in [-0.05, 0) is 55.7 Å². The van der Waals surface area contributed by atoms with Crippen LogP contribution in [0.15, 0.2) is 28.7 Å². The third-order valence-corrected chi connectivity index (χ3v) is 6.12. The molecule has 0 aromatic heterocycles. The van der Waals surface area contributed by atoms with Gasteiger partial charge in [-0.2, -0.15) is 0 Å². The number of nitrogens with one attached hydrogen (secondary N) is 1. The summed E-state index contributed by atoms with van der Waals surface area (Å²) in [5, 5.41) is 3.69. The Balaban J connectivity index is 1.80. The number of rotatable bonds is 5. The minimum absolute atomic E-state index is 0.375. The molecule has 110 valence electrons. The van der Waals surface area contributed by atoms with Gasteiger partial charge in [0.05, 0.1) is 0 Å². The molecule has 0 saturated heterocycles. The molecule has 0 atom stereocenters. The van der Waals surface area contributed by atoms with E-state index in [1.165, 1.54) is 55.0 Å². The molecule has 1 spiro atoms. The molecular weight excluding hydrogens is 310 g/mol. The van der Waals surface area contributed by atoms with Gasteiger partial charge in [-0.25, -0.2) is 0 Å². The predicted octanol–water partition coefficient (Wildman–Crippen LogP) is 5.04. The third kappa shape index (κ3) is 2.57. The van der Waals surface area contributed by atoms with Crippen LogP contribution >= 0.6 is 15.9 Å². The lowest BCUT2D eigenvalue weighted by molar-refractivity contribution is 0.0266. The van der Waals surface area contributed by atoms with Crippen molar-refractivity contribution < 1.29 is 0 Å². The van der Waals surface area contributed by atoms with E-state index in [1.807, 2.05) is 0 Å². The van der Waals surface area contributed by atoms with Crippen LogP contribution in [0, 0.1) is 5.41 Å². The summed E-state index contributed by atoms with van der Waals surface area (Å²) in [6.45, 7) is 4.53. The summed E-state index contributed by atoms with van der Waals surface area (Å²) in [4.78, 5) is 0. The Morgan fingerprint density at radius 1 is 1.15 bits per heavy atom. The lowest BCUT2D eigenvalue weighted by Crippen LogP contribution is -2.54. The summed E-state index contributed by atoms with van der Waals surface area (Å²) in [5.41, 5.74) is 2.59. The minimum atomic E-state index is 0.375. The Morgan fingerprint density at radius 3 is 2.50 bits per heavy atom. The molecule has 0 unspecified atom stereocenters. The first-order chi connectivity index (χ1) is 9.70. The van der Waals surface area contributed by atoms with Crippen LogP contribution in [0.25, 0.3) is 0 Å². The standard InChI is InChI=1S/C18H26BrN/c1-2-11-20-14-18(15-7-3-4-8-16(15)19)12-17(13-18)9-5-6-10-17/h3-4,7-8,20H,2,5-6,9-14H2,1H3. The molecule has 0 bridgehead atoms. The van der Waals surface area contributed by atoms with Crippen LogP contribution in [0.3, 0.4) is 0 Å². The smallest absolute Gasteiger partial charge is 0.0213 e. The highest BCUT2D eigenvalue weighted by molar-refractivity contribution is 9.10. The number of halogens is 1. The molecule has 0 aliphatic heterocycles. The van der Waals surface area contributed by atoms with Crippen LogP contribution in [-0.2, 0) is 5.41 Å². The quantitative estimate of drug-likeness (QED) is 0.743. The van der Waals surface area contributed by atoms with Crippen LogP contribution in [0.1, 0.15) is 57.4 Å². The molecule has 0 heterocycles. The maximum absolute atomic E-state index is 3.79. The maximum Gasteiger partial charge on any atom is 0.0213 e. The molecule has 2 heteroatoms. The average molecular weight is 336 g/mol. The van der Waals surface area contributed by atoms with Crippen molar-refractivity contribution in [1.82, 2.24) is 5.32 Å². The lowest BCUT2D eigenvalue weighted by Gasteiger charge is -2.56. The first-order valence-corrected chi connectivity index (χ1v) is 8.95. The van der Waals surface area contributed by atoms with Gasteiger partial charge in [0.25, 0.3) is 0 Å². The van der Waals surface area contributed by atoms with Crippen LogP contribution in [0.5, 0.6) is 0 Å². The van der Waals surface area contributed by atoms with Gasteiger partial charge >= 0.3 is 0 Å². The highest BCUT2D eigenvalue weighted by Crippen LogP contribution is 2.63. The van der Waals surface area contributed by atoms with Crippen LogP contribution in [-0.4, -0.2) is 13.1 Å². The predicted molar refractivity (Wildman–Crippen MR) is 89.1 cm³/mol. The second-order valence-corrected chi connectivity index (χ2v) is 7.85. The lowest BCUT2D eigenvalue weighted by atomic mass is 9.49. The molecule has 2 fully saturated rings. The van der Waals surface area contributed by atoms with E-state index >= 15 is 0 Å². The van der Waals surface area contributed by atoms with Crippen molar-refractivity contribution in [3.63, 3.8) is 0 Å². The SMILES string of the molecule is CCCNCC1(c2ccccc2Br)CC2(CCCC2)C1. The number of hydrogen-bond donors (Lipinski definition) is 1. The molecule has 0 radical (unpaired) electrons. The molecule has 3 rings (SSSR count). The zero-order valence-electron chi connectivity index (χ0n) is 12.6. The first-order valence-electron chi connectivity index (χ1n) is 8.16. The van der Waals surface area contributed by atoms with Gasteiger partial charge in [0.15, 0.2) is 0 Å². The topological polar surface area (TPSA) is 12.0 Å². The normalized spacial score (nSPS) is 22.9. The van der Waals surface area contributed by atoms with E-state index in [4.69, 9.17) is 0 Å². The van der Waals surface area contributed by atoms with Gasteiger partial charge in [-0.1, -0.05) is 53.9 Å². The molecule has 20 heavy (non-hydrogen) atoms. The van der Waals surface area contributed by atoms with Crippen molar-refractivity contribution in [1.29, 1.82) is 0 Å². The van der Waals surface area contributed by atoms with Crippen molar-refractivity contribution in [2.45, 2.75) is 57.3 Å². The maximum atomic E-state index is 3.79. The first kappa shape index (κ1) is 14.6. The molecule has 2 saturated carbocycles. The average Bonchev–Trinajstić information content (AvgIpc) is 2.87. The summed E-state index contributed by atoms with van der Waals surface area (Å²) in [7, 11) is 0. The highest BCUT2D eigenvalue weighted by atomic mass is 79.9. The summed E-state index contributed by atoms with van der Waals surface area (Å²) in [5.74, 6) is 0. The fourth-order valence-corrected chi connectivity index (χ4v) is 5.37. The summed E-state index contributed by atoms with van der Waals surface area (Å²) in [6.07, 6.45) is 9.83. The number of hydrogen-bond acceptors (Lipinski definition) is 1. The Kier molecular flexibility index (Phi) is 4.24. The van der Waals surface area contributed by atoms with Gasteiger partial charge in [0.1, 0.15) is 0 Å². The fraction of sp³-hybridized carbons (Fsp3) is 0.667. The summed E-state index contributed by atoms with van der Waals surface area (Å²) >= 11 is 3.79. The molecule has 1 aromatic rings. The van der Waals surface area contributed by atoms with E-state index in [0.717, 1.165) is 13.1 Å². The zero-order chi connectivity index (χ0) is 14.1. The van der Waals surface area contributed by atoms with Crippen molar-refractivity contribution in [2.24, 2.45) is 5.41 Å². The molecule has 0 amide bonds. The third-order valence-electron chi connectivity index (χ3n) is 5.43. The van der Waals surface area contributed by atoms with E-state index < -0.39 is 0 Å². The largest absolute Gasteiger partial charge is 0.316 e. The van der Waals surface area contributed by atoms with Gasteiger partial charge in [-0.15, -0.1) is 0 Å². The van der Waals surface area contributed by atoms with Gasteiger partial charge in [0, 0.05) is 16.4 Å². The molecular formula is C18H26BrN. The van der Waals surface area contributed by atoms with Crippen LogP contribution < -0.4 is 5.32 Å². The van der Waals surface area contributed by atoms with E-state index in [2.05, 4.69) is 52.4 Å². The van der Waals surface area contributed by atoms with Crippen LogP contribution in [0.2, 0.25) is 0 Å². The monoisotopic (exact) mass is 335 g/mol. The van der Waals surface area contributed by atoms with Crippen molar-refractivity contribution in [3.05, 3.63) is 34.3 Å². The van der Waals surface area contributed by atoms with E-state index in [-0.39, 0.29) is 0 Å². The van der Waals surface area contributed by atoms with Crippen molar-refractivity contribution in [3.8, 4) is 0 Å².